The number of carbonyl (C=O) groups excluding carboxylic acids is 1. The molecule has 5 heteroatoms. The zero-order chi connectivity index (χ0) is 15.5. The molecular formula is C16H14ClF2NO. The minimum Gasteiger partial charge on any atom is -0.342 e. The molecule has 0 aliphatic heterocycles. The van der Waals surface area contributed by atoms with Gasteiger partial charge in [-0.2, -0.15) is 0 Å². The third kappa shape index (κ3) is 3.39. The lowest BCUT2D eigenvalue weighted by Gasteiger charge is -2.29. The molecule has 0 saturated heterocycles. The molecule has 1 N–H and O–H groups in total. The molecule has 0 aliphatic rings. The number of amides is 1. The Morgan fingerprint density at radius 3 is 2.38 bits per heavy atom. The number of benzene rings is 2. The standard InChI is InChI=1S/C16H14ClF2NO/c1-16(10-17,12-5-3-2-4-6-12)20-15(21)11-7-8-13(18)14(19)9-11/h2-9H,10H2,1H3,(H,20,21). The van der Waals surface area contributed by atoms with Crippen LogP contribution in [0, 0.1) is 11.6 Å². The molecule has 110 valence electrons. The minimum absolute atomic E-state index is 0.0428. The van der Waals surface area contributed by atoms with Crippen LogP contribution >= 0.6 is 11.6 Å². The number of rotatable bonds is 4. The normalized spacial score (nSPS) is 13.5. The van der Waals surface area contributed by atoms with Crippen molar-refractivity contribution in [2.75, 3.05) is 5.88 Å². The fourth-order valence-corrected chi connectivity index (χ4v) is 2.17. The number of hydrogen-bond acceptors (Lipinski definition) is 1. The second kappa shape index (κ2) is 6.22. The highest BCUT2D eigenvalue weighted by Crippen LogP contribution is 2.23. The average molecular weight is 310 g/mol. The van der Waals surface area contributed by atoms with E-state index in [-0.39, 0.29) is 11.4 Å². The van der Waals surface area contributed by atoms with Crippen LogP contribution in [0.25, 0.3) is 0 Å². The summed E-state index contributed by atoms with van der Waals surface area (Å²) in [6.07, 6.45) is 0. The highest BCUT2D eigenvalue weighted by atomic mass is 35.5. The first-order valence-electron chi connectivity index (χ1n) is 6.35. The highest BCUT2D eigenvalue weighted by molar-refractivity contribution is 6.19. The Balaban J connectivity index is 2.26. The van der Waals surface area contributed by atoms with E-state index in [0.29, 0.717) is 0 Å². The maximum atomic E-state index is 13.2. The van der Waals surface area contributed by atoms with Gasteiger partial charge in [0, 0.05) is 11.4 Å². The molecule has 1 atom stereocenters. The Morgan fingerprint density at radius 2 is 1.81 bits per heavy atom. The molecule has 2 nitrogen and oxygen atoms in total. The smallest absolute Gasteiger partial charge is 0.252 e. The van der Waals surface area contributed by atoms with Gasteiger partial charge in [0.2, 0.25) is 0 Å². The number of alkyl halides is 1. The summed E-state index contributed by atoms with van der Waals surface area (Å²) >= 11 is 5.98. The maximum Gasteiger partial charge on any atom is 0.252 e. The van der Waals surface area contributed by atoms with Gasteiger partial charge in [-0.25, -0.2) is 8.78 Å². The van der Waals surface area contributed by atoms with Crippen LogP contribution in [0.15, 0.2) is 48.5 Å². The highest BCUT2D eigenvalue weighted by Gasteiger charge is 2.28. The molecule has 1 unspecified atom stereocenters. The fraction of sp³-hybridized carbons (Fsp3) is 0.188. The van der Waals surface area contributed by atoms with Crippen molar-refractivity contribution in [2.45, 2.75) is 12.5 Å². The van der Waals surface area contributed by atoms with Gasteiger partial charge in [-0.05, 0) is 30.7 Å². The zero-order valence-electron chi connectivity index (χ0n) is 11.4. The molecular weight excluding hydrogens is 296 g/mol. The van der Waals surface area contributed by atoms with Gasteiger partial charge in [-0.3, -0.25) is 4.79 Å². The van der Waals surface area contributed by atoms with Crippen LogP contribution in [0.4, 0.5) is 8.78 Å². The summed E-state index contributed by atoms with van der Waals surface area (Å²) in [4.78, 5) is 12.2. The van der Waals surface area contributed by atoms with Crippen LogP contribution in [-0.2, 0) is 5.54 Å². The van der Waals surface area contributed by atoms with Crippen molar-refractivity contribution in [2.24, 2.45) is 0 Å². The van der Waals surface area contributed by atoms with E-state index in [1.165, 1.54) is 6.07 Å². The Bertz CT molecular complexity index is 648. The van der Waals surface area contributed by atoms with Crippen molar-refractivity contribution >= 4 is 17.5 Å². The van der Waals surface area contributed by atoms with Crippen molar-refractivity contribution in [3.05, 3.63) is 71.3 Å². The summed E-state index contributed by atoms with van der Waals surface area (Å²) in [7, 11) is 0. The molecule has 1 amide bonds. The van der Waals surface area contributed by atoms with Crippen molar-refractivity contribution in [3.63, 3.8) is 0 Å². The summed E-state index contributed by atoms with van der Waals surface area (Å²) in [5.41, 5.74) is 0.0715. The monoisotopic (exact) mass is 309 g/mol. The quantitative estimate of drug-likeness (QED) is 0.854. The van der Waals surface area contributed by atoms with Crippen molar-refractivity contribution < 1.29 is 13.6 Å². The van der Waals surface area contributed by atoms with Crippen LogP contribution in [0.2, 0.25) is 0 Å². The zero-order valence-corrected chi connectivity index (χ0v) is 12.1. The largest absolute Gasteiger partial charge is 0.342 e. The first kappa shape index (κ1) is 15.4. The van der Waals surface area contributed by atoms with Crippen LogP contribution in [0.5, 0.6) is 0 Å². The van der Waals surface area contributed by atoms with E-state index in [1.807, 2.05) is 30.3 Å². The van der Waals surface area contributed by atoms with Crippen molar-refractivity contribution in [3.8, 4) is 0 Å². The Kier molecular flexibility index (Phi) is 4.58. The predicted octanol–water partition coefficient (Wildman–Crippen LogP) is 3.85. The van der Waals surface area contributed by atoms with E-state index in [2.05, 4.69) is 5.32 Å². The number of nitrogens with one attached hydrogen (secondary N) is 1. The Labute approximate surface area is 126 Å². The second-order valence-electron chi connectivity index (χ2n) is 4.91. The SMILES string of the molecule is CC(CCl)(NC(=O)c1ccc(F)c(F)c1)c1ccccc1. The molecule has 0 aliphatic carbocycles. The Morgan fingerprint density at radius 1 is 1.14 bits per heavy atom. The lowest BCUT2D eigenvalue weighted by atomic mass is 9.93. The molecule has 2 rings (SSSR count). The minimum atomic E-state index is -1.06. The van der Waals surface area contributed by atoms with Gasteiger partial charge in [0.1, 0.15) is 0 Å². The molecule has 0 spiro atoms. The van der Waals surface area contributed by atoms with Crippen LogP contribution in [0.1, 0.15) is 22.8 Å². The molecule has 0 fully saturated rings. The van der Waals surface area contributed by atoms with Gasteiger partial charge in [0.05, 0.1) is 5.54 Å². The van der Waals surface area contributed by atoms with Crippen LogP contribution in [0.3, 0.4) is 0 Å². The van der Waals surface area contributed by atoms with E-state index in [9.17, 15) is 13.6 Å². The van der Waals surface area contributed by atoms with E-state index in [1.54, 1.807) is 6.92 Å². The molecule has 0 bridgehead atoms. The summed E-state index contributed by atoms with van der Waals surface area (Å²) in [5, 5.41) is 2.76. The third-order valence-corrected chi connectivity index (χ3v) is 3.78. The molecule has 0 aromatic heterocycles. The van der Waals surface area contributed by atoms with Crippen LogP contribution < -0.4 is 5.32 Å². The van der Waals surface area contributed by atoms with Gasteiger partial charge in [-0.1, -0.05) is 30.3 Å². The summed E-state index contributed by atoms with van der Waals surface area (Å²) < 4.78 is 26.1. The fourth-order valence-electron chi connectivity index (χ4n) is 1.95. The topological polar surface area (TPSA) is 29.1 Å². The summed E-state index contributed by atoms with van der Waals surface area (Å²) in [6, 6.07) is 12.2. The van der Waals surface area contributed by atoms with E-state index in [0.717, 1.165) is 17.7 Å². The first-order valence-corrected chi connectivity index (χ1v) is 6.89. The van der Waals surface area contributed by atoms with Crippen molar-refractivity contribution in [1.82, 2.24) is 5.32 Å². The summed E-state index contributed by atoms with van der Waals surface area (Å²) in [5.74, 6) is -2.42. The van der Waals surface area contributed by atoms with Gasteiger partial charge in [-0.15, -0.1) is 11.6 Å². The van der Waals surface area contributed by atoms with E-state index < -0.39 is 23.1 Å². The molecule has 2 aromatic carbocycles. The lowest BCUT2D eigenvalue weighted by Crippen LogP contribution is -2.45. The van der Waals surface area contributed by atoms with Gasteiger partial charge in [0.15, 0.2) is 11.6 Å². The molecule has 2 aromatic rings. The predicted molar refractivity (Wildman–Crippen MR) is 78.3 cm³/mol. The lowest BCUT2D eigenvalue weighted by molar-refractivity contribution is 0.0912. The average Bonchev–Trinajstić information content (AvgIpc) is 2.50. The second-order valence-corrected chi connectivity index (χ2v) is 5.18. The van der Waals surface area contributed by atoms with Gasteiger partial charge in [0.25, 0.3) is 5.91 Å². The van der Waals surface area contributed by atoms with Crippen molar-refractivity contribution in [1.29, 1.82) is 0 Å². The number of hydrogen-bond donors (Lipinski definition) is 1. The van der Waals surface area contributed by atoms with Gasteiger partial charge < -0.3 is 5.32 Å². The van der Waals surface area contributed by atoms with E-state index in [4.69, 9.17) is 11.6 Å². The first-order chi connectivity index (χ1) is 9.96. The maximum absolute atomic E-state index is 13.2. The Hall–Kier alpha value is -1.94. The molecule has 0 saturated carbocycles. The third-order valence-electron chi connectivity index (χ3n) is 3.25. The molecule has 0 heterocycles. The van der Waals surface area contributed by atoms with E-state index >= 15 is 0 Å². The molecule has 21 heavy (non-hydrogen) atoms. The van der Waals surface area contributed by atoms with Gasteiger partial charge >= 0.3 is 0 Å². The van der Waals surface area contributed by atoms with Crippen LogP contribution in [-0.4, -0.2) is 11.8 Å². The number of carbonyl (C=O) groups is 1. The number of halogens is 3. The summed E-state index contributed by atoms with van der Waals surface area (Å²) in [6.45, 7) is 1.77. The molecule has 0 radical (unpaired) electrons.